The van der Waals surface area contributed by atoms with Crippen molar-refractivity contribution >= 4 is 36.4 Å². The SMILES string of the molecule is CCNCc1ccccc1NC(=O)C1CCCN(Cc2ccccc2)C1.Cl.Cl. The maximum absolute atomic E-state index is 12.8. The van der Waals surface area contributed by atoms with E-state index in [0.717, 1.165) is 56.8 Å². The van der Waals surface area contributed by atoms with Gasteiger partial charge in [-0.1, -0.05) is 55.5 Å². The Labute approximate surface area is 180 Å². The van der Waals surface area contributed by atoms with Crippen LogP contribution in [0.1, 0.15) is 30.9 Å². The van der Waals surface area contributed by atoms with Gasteiger partial charge in [-0.05, 0) is 43.1 Å². The molecule has 1 aliphatic rings. The Balaban J connectivity index is 0.00000196. The van der Waals surface area contributed by atoms with Crippen molar-refractivity contribution in [2.24, 2.45) is 5.92 Å². The molecule has 1 saturated heterocycles. The smallest absolute Gasteiger partial charge is 0.228 e. The van der Waals surface area contributed by atoms with Crippen molar-refractivity contribution in [2.45, 2.75) is 32.9 Å². The van der Waals surface area contributed by atoms with E-state index in [4.69, 9.17) is 0 Å². The van der Waals surface area contributed by atoms with Gasteiger partial charge in [-0.25, -0.2) is 0 Å². The molecule has 1 amide bonds. The van der Waals surface area contributed by atoms with Crippen molar-refractivity contribution < 1.29 is 4.79 Å². The summed E-state index contributed by atoms with van der Waals surface area (Å²) in [6, 6.07) is 18.6. The highest BCUT2D eigenvalue weighted by Gasteiger charge is 2.26. The van der Waals surface area contributed by atoms with E-state index in [2.05, 4.69) is 52.8 Å². The van der Waals surface area contributed by atoms with Crippen LogP contribution in [0.3, 0.4) is 0 Å². The zero-order valence-corrected chi connectivity index (χ0v) is 18.0. The van der Waals surface area contributed by atoms with Gasteiger partial charge in [0.2, 0.25) is 5.91 Å². The van der Waals surface area contributed by atoms with Crippen molar-refractivity contribution in [1.29, 1.82) is 0 Å². The number of rotatable bonds is 7. The number of carbonyl (C=O) groups excluding carboxylic acids is 1. The molecule has 0 aromatic heterocycles. The highest BCUT2D eigenvalue weighted by Crippen LogP contribution is 2.22. The minimum absolute atomic E-state index is 0. The molecule has 154 valence electrons. The Kier molecular flexibility index (Phi) is 11.2. The minimum Gasteiger partial charge on any atom is -0.326 e. The zero-order valence-electron chi connectivity index (χ0n) is 16.4. The molecule has 0 bridgehead atoms. The van der Waals surface area contributed by atoms with Crippen LogP contribution in [-0.2, 0) is 17.9 Å². The van der Waals surface area contributed by atoms with Crippen LogP contribution in [-0.4, -0.2) is 30.4 Å². The standard InChI is InChI=1S/C22H29N3O.2ClH/c1-2-23-15-19-11-6-7-13-21(19)24-22(26)20-12-8-14-25(17-20)16-18-9-4-3-5-10-18;;/h3-7,9-11,13,20,23H,2,8,12,14-17H2,1H3,(H,24,26);2*1H. The number of anilines is 1. The Bertz CT molecular complexity index is 712. The lowest BCUT2D eigenvalue weighted by atomic mass is 9.96. The van der Waals surface area contributed by atoms with Crippen molar-refractivity contribution in [3.63, 3.8) is 0 Å². The van der Waals surface area contributed by atoms with E-state index >= 15 is 0 Å². The van der Waals surface area contributed by atoms with E-state index in [0.29, 0.717) is 0 Å². The minimum atomic E-state index is 0. The lowest BCUT2D eigenvalue weighted by Crippen LogP contribution is -2.40. The summed E-state index contributed by atoms with van der Waals surface area (Å²) < 4.78 is 0. The number of hydrogen-bond acceptors (Lipinski definition) is 3. The number of halogens is 2. The molecule has 1 atom stereocenters. The van der Waals surface area contributed by atoms with E-state index in [1.54, 1.807) is 0 Å². The van der Waals surface area contributed by atoms with Gasteiger partial charge in [-0.2, -0.15) is 0 Å². The Morgan fingerprint density at radius 3 is 2.54 bits per heavy atom. The molecule has 4 nitrogen and oxygen atoms in total. The number of piperidine rings is 1. The third kappa shape index (κ3) is 7.10. The third-order valence-corrected chi connectivity index (χ3v) is 4.97. The van der Waals surface area contributed by atoms with Crippen LogP contribution in [0.15, 0.2) is 54.6 Å². The first-order valence-electron chi connectivity index (χ1n) is 9.62. The highest BCUT2D eigenvalue weighted by molar-refractivity contribution is 5.93. The van der Waals surface area contributed by atoms with Gasteiger partial charge in [0.05, 0.1) is 5.92 Å². The van der Waals surface area contributed by atoms with Crippen LogP contribution in [0.2, 0.25) is 0 Å². The van der Waals surface area contributed by atoms with Crippen LogP contribution >= 0.6 is 24.8 Å². The number of nitrogens with zero attached hydrogens (tertiary/aromatic N) is 1. The van der Waals surface area contributed by atoms with E-state index < -0.39 is 0 Å². The number of amides is 1. The van der Waals surface area contributed by atoms with Gasteiger partial charge >= 0.3 is 0 Å². The molecule has 28 heavy (non-hydrogen) atoms. The molecule has 1 unspecified atom stereocenters. The Morgan fingerprint density at radius 1 is 1.07 bits per heavy atom. The number of benzene rings is 2. The predicted molar refractivity (Wildman–Crippen MR) is 121 cm³/mol. The molecule has 0 spiro atoms. The molecule has 2 N–H and O–H groups in total. The summed E-state index contributed by atoms with van der Waals surface area (Å²) >= 11 is 0. The van der Waals surface area contributed by atoms with Crippen LogP contribution in [0.4, 0.5) is 5.69 Å². The molecule has 2 aromatic carbocycles. The van der Waals surface area contributed by atoms with Gasteiger partial charge in [0.1, 0.15) is 0 Å². The molecule has 1 heterocycles. The van der Waals surface area contributed by atoms with Gasteiger partial charge < -0.3 is 10.6 Å². The summed E-state index contributed by atoms with van der Waals surface area (Å²) in [5, 5.41) is 6.50. The molecule has 3 rings (SSSR count). The second kappa shape index (κ2) is 12.8. The maximum atomic E-state index is 12.8. The molecular formula is C22H31Cl2N3O. The summed E-state index contributed by atoms with van der Waals surface area (Å²) in [6.07, 6.45) is 2.04. The number of hydrogen-bond donors (Lipinski definition) is 2. The van der Waals surface area contributed by atoms with Crippen molar-refractivity contribution in [3.05, 3.63) is 65.7 Å². The second-order valence-corrected chi connectivity index (χ2v) is 6.99. The molecule has 0 radical (unpaired) electrons. The van der Waals surface area contributed by atoms with Gasteiger partial charge in [0.25, 0.3) is 0 Å². The highest BCUT2D eigenvalue weighted by atomic mass is 35.5. The third-order valence-electron chi connectivity index (χ3n) is 4.97. The molecule has 0 aliphatic carbocycles. The number of carbonyl (C=O) groups is 1. The summed E-state index contributed by atoms with van der Waals surface area (Å²) in [5.41, 5.74) is 3.38. The van der Waals surface area contributed by atoms with Crippen LogP contribution in [0.5, 0.6) is 0 Å². The number of nitrogens with one attached hydrogen (secondary N) is 2. The Morgan fingerprint density at radius 2 is 1.79 bits per heavy atom. The Hall–Kier alpha value is -1.59. The second-order valence-electron chi connectivity index (χ2n) is 6.99. The van der Waals surface area contributed by atoms with Crippen LogP contribution in [0, 0.1) is 5.92 Å². The fourth-order valence-corrected chi connectivity index (χ4v) is 3.55. The normalized spacial score (nSPS) is 16.5. The van der Waals surface area contributed by atoms with Crippen molar-refractivity contribution in [1.82, 2.24) is 10.2 Å². The summed E-state index contributed by atoms with van der Waals surface area (Å²) in [6.45, 7) is 6.59. The number of para-hydroxylation sites is 1. The average molecular weight is 424 g/mol. The first kappa shape index (κ1) is 24.4. The quantitative estimate of drug-likeness (QED) is 0.689. The monoisotopic (exact) mass is 423 g/mol. The topological polar surface area (TPSA) is 44.4 Å². The van der Waals surface area contributed by atoms with Gasteiger partial charge in [-0.15, -0.1) is 24.8 Å². The molecule has 6 heteroatoms. The lowest BCUT2D eigenvalue weighted by Gasteiger charge is -2.32. The molecule has 2 aromatic rings. The fourth-order valence-electron chi connectivity index (χ4n) is 3.55. The lowest BCUT2D eigenvalue weighted by molar-refractivity contribution is -0.121. The van der Waals surface area contributed by atoms with E-state index in [9.17, 15) is 4.79 Å². The average Bonchev–Trinajstić information content (AvgIpc) is 2.68. The maximum Gasteiger partial charge on any atom is 0.228 e. The molecular weight excluding hydrogens is 393 g/mol. The fraction of sp³-hybridized carbons (Fsp3) is 0.409. The number of likely N-dealkylation sites (tertiary alicyclic amines) is 1. The van der Waals surface area contributed by atoms with E-state index in [1.165, 1.54) is 5.56 Å². The summed E-state index contributed by atoms with van der Waals surface area (Å²) in [5.74, 6) is 0.200. The van der Waals surface area contributed by atoms with Crippen LogP contribution < -0.4 is 10.6 Å². The molecule has 1 aliphatic heterocycles. The zero-order chi connectivity index (χ0) is 18.2. The van der Waals surface area contributed by atoms with E-state index in [-0.39, 0.29) is 36.6 Å². The predicted octanol–water partition coefficient (Wildman–Crippen LogP) is 4.49. The van der Waals surface area contributed by atoms with Gasteiger partial charge in [0, 0.05) is 25.3 Å². The molecule has 0 saturated carbocycles. The first-order valence-corrected chi connectivity index (χ1v) is 9.62. The first-order chi connectivity index (χ1) is 12.8. The van der Waals surface area contributed by atoms with Crippen molar-refractivity contribution in [2.75, 3.05) is 25.0 Å². The van der Waals surface area contributed by atoms with Gasteiger partial charge in [-0.3, -0.25) is 9.69 Å². The molecule has 1 fully saturated rings. The summed E-state index contributed by atoms with van der Waals surface area (Å²) in [4.78, 5) is 15.2. The largest absolute Gasteiger partial charge is 0.326 e. The van der Waals surface area contributed by atoms with Crippen LogP contribution in [0.25, 0.3) is 0 Å². The van der Waals surface area contributed by atoms with Crippen molar-refractivity contribution in [3.8, 4) is 0 Å². The van der Waals surface area contributed by atoms with Gasteiger partial charge in [0.15, 0.2) is 0 Å². The van der Waals surface area contributed by atoms with E-state index in [1.807, 2.05) is 24.3 Å². The summed E-state index contributed by atoms with van der Waals surface area (Å²) in [7, 11) is 0.